The third kappa shape index (κ3) is 3.64. The summed E-state index contributed by atoms with van der Waals surface area (Å²) in [6.45, 7) is 5.56. The summed E-state index contributed by atoms with van der Waals surface area (Å²) >= 11 is 0. The van der Waals surface area contributed by atoms with Crippen molar-refractivity contribution < 1.29 is 9.90 Å². The summed E-state index contributed by atoms with van der Waals surface area (Å²) in [6.07, 6.45) is 0. The maximum absolute atomic E-state index is 12.8. The molecule has 1 saturated carbocycles. The first-order valence-electron chi connectivity index (χ1n) is 9.76. The lowest BCUT2D eigenvalue weighted by atomic mass is 9.94. The second-order valence-electron chi connectivity index (χ2n) is 8.30. The number of carbonyl (C=O) groups excluding carboxylic acids is 1. The van der Waals surface area contributed by atoms with Crippen LogP contribution < -0.4 is 0 Å². The predicted octanol–water partition coefficient (Wildman–Crippen LogP) is 2.73. The van der Waals surface area contributed by atoms with Gasteiger partial charge in [0, 0.05) is 33.2 Å². The summed E-state index contributed by atoms with van der Waals surface area (Å²) < 4.78 is 0. The van der Waals surface area contributed by atoms with Crippen LogP contribution in [0.2, 0.25) is 0 Å². The summed E-state index contributed by atoms with van der Waals surface area (Å²) in [5, 5.41) is 10.8. The fraction of sp³-hybridized carbons (Fsp3) is 0.435. The SMILES string of the molecule is CN(CC1C2CN(Cc3ccccc3)CC21)C(=O)C(C)(O)c1ccccc1. The first kappa shape index (κ1) is 18.2. The van der Waals surface area contributed by atoms with Crippen molar-refractivity contribution in [2.24, 2.45) is 17.8 Å². The monoisotopic (exact) mass is 364 g/mol. The zero-order valence-corrected chi connectivity index (χ0v) is 16.1. The number of fused-ring (bicyclic) bond motifs is 1. The van der Waals surface area contributed by atoms with Gasteiger partial charge in [-0.3, -0.25) is 9.69 Å². The van der Waals surface area contributed by atoms with Gasteiger partial charge in [-0.05, 0) is 35.8 Å². The third-order valence-electron chi connectivity index (χ3n) is 6.28. The molecule has 0 bridgehead atoms. The molecule has 2 fully saturated rings. The summed E-state index contributed by atoms with van der Waals surface area (Å²) in [6, 6.07) is 19.8. The van der Waals surface area contributed by atoms with Crippen molar-refractivity contribution in [1.82, 2.24) is 9.80 Å². The topological polar surface area (TPSA) is 43.8 Å². The Balaban J connectivity index is 1.30. The van der Waals surface area contributed by atoms with Crippen LogP contribution >= 0.6 is 0 Å². The van der Waals surface area contributed by atoms with Gasteiger partial charge >= 0.3 is 0 Å². The first-order valence-corrected chi connectivity index (χ1v) is 9.76. The number of rotatable bonds is 6. The molecule has 3 atom stereocenters. The molecule has 1 aliphatic carbocycles. The van der Waals surface area contributed by atoms with Gasteiger partial charge in [0.05, 0.1) is 0 Å². The van der Waals surface area contributed by atoms with E-state index >= 15 is 0 Å². The zero-order chi connectivity index (χ0) is 19.0. The van der Waals surface area contributed by atoms with Crippen molar-refractivity contribution >= 4 is 5.91 Å². The Bertz CT molecular complexity index is 779. The zero-order valence-electron chi connectivity index (χ0n) is 16.1. The maximum Gasteiger partial charge on any atom is 0.258 e. The van der Waals surface area contributed by atoms with E-state index in [9.17, 15) is 9.90 Å². The molecule has 2 aliphatic rings. The van der Waals surface area contributed by atoms with Crippen LogP contribution in [0.1, 0.15) is 18.1 Å². The van der Waals surface area contributed by atoms with Crippen LogP contribution in [0.25, 0.3) is 0 Å². The number of amides is 1. The number of hydrogen-bond acceptors (Lipinski definition) is 3. The van der Waals surface area contributed by atoms with E-state index in [1.165, 1.54) is 5.56 Å². The van der Waals surface area contributed by atoms with Gasteiger partial charge in [-0.1, -0.05) is 60.7 Å². The average Bonchev–Trinajstić information content (AvgIpc) is 3.12. The van der Waals surface area contributed by atoms with Crippen molar-refractivity contribution in [3.8, 4) is 0 Å². The lowest BCUT2D eigenvalue weighted by Crippen LogP contribution is -2.44. The van der Waals surface area contributed by atoms with Crippen LogP contribution in [-0.2, 0) is 16.9 Å². The first-order chi connectivity index (χ1) is 13.0. The Labute approximate surface area is 161 Å². The summed E-state index contributed by atoms with van der Waals surface area (Å²) in [5.74, 6) is 1.72. The number of carbonyl (C=O) groups is 1. The van der Waals surface area contributed by atoms with Gasteiger partial charge in [0.15, 0.2) is 5.60 Å². The van der Waals surface area contributed by atoms with Crippen molar-refractivity contribution in [2.45, 2.75) is 19.1 Å². The molecule has 2 aromatic rings. The second kappa shape index (κ2) is 7.10. The number of nitrogens with zero attached hydrogens (tertiary/aromatic N) is 2. The number of likely N-dealkylation sites (tertiary alicyclic amines) is 1. The highest BCUT2D eigenvalue weighted by Gasteiger charge is 2.56. The minimum absolute atomic E-state index is 0.222. The number of aliphatic hydroxyl groups is 1. The van der Waals surface area contributed by atoms with Crippen LogP contribution in [0.3, 0.4) is 0 Å². The lowest BCUT2D eigenvalue weighted by molar-refractivity contribution is -0.149. The van der Waals surface area contributed by atoms with Gasteiger partial charge in [0.1, 0.15) is 0 Å². The van der Waals surface area contributed by atoms with Gasteiger partial charge in [0.25, 0.3) is 5.91 Å². The van der Waals surface area contributed by atoms with E-state index in [4.69, 9.17) is 0 Å². The van der Waals surface area contributed by atoms with E-state index in [-0.39, 0.29) is 5.91 Å². The Kier molecular flexibility index (Phi) is 4.79. The van der Waals surface area contributed by atoms with Gasteiger partial charge < -0.3 is 10.0 Å². The predicted molar refractivity (Wildman–Crippen MR) is 106 cm³/mol. The van der Waals surface area contributed by atoms with Crippen molar-refractivity contribution in [3.63, 3.8) is 0 Å². The van der Waals surface area contributed by atoms with Crippen LogP contribution in [0.5, 0.6) is 0 Å². The minimum atomic E-state index is -1.47. The van der Waals surface area contributed by atoms with Crippen LogP contribution in [0.15, 0.2) is 60.7 Å². The highest BCUT2D eigenvalue weighted by atomic mass is 16.3. The van der Waals surface area contributed by atoms with Crippen LogP contribution in [0, 0.1) is 17.8 Å². The largest absolute Gasteiger partial charge is 0.376 e. The van der Waals surface area contributed by atoms with E-state index in [0.29, 0.717) is 23.3 Å². The maximum atomic E-state index is 12.8. The van der Waals surface area contributed by atoms with Crippen molar-refractivity contribution in [2.75, 3.05) is 26.7 Å². The standard InChI is InChI=1S/C23H28N2O2/c1-23(27,18-11-7-4-8-12-18)22(26)24(2)14-19-20-15-25(16-21(19)20)13-17-9-5-3-6-10-17/h3-12,19-21,27H,13-16H2,1-2H3. The number of piperidine rings is 1. The molecule has 4 nitrogen and oxygen atoms in total. The molecule has 0 aromatic heterocycles. The summed E-state index contributed by atoms with van der Waals surface area (Å²) in [4.78, 5) is 17.1. The van der Waals surface area contributed by atoms with Crippen molar-refractivity contribution in [3.05, 3.63) is 71.8 Å². The summed E-state index contributed by atoms with van der Waals surface area (Å²) in [7, 11) is 1.82. The molecule has 1 amide bonds. The smallest absolute Gasteiger partial charge is 0.258 e. The normalized spacial score (nSPS) is 26.3. The van der Waals surface area contributed by atoms with Gasteiger partial charge in [-0.25, -0.2) is 0 Å². The molecule has 1 aliphatic heterocycles. The molecule has 1 saturated heterocycles. The quantitative estimate of drug-likeness (QED) is 0.857. The van der Waals surface area contributed by atoms with Gasteiger partial charge in [-0.15, -0.1) is 0 Å². The highest BCUT2D eigenvalue weighted by molar-refractivity contribution is 5.85. The molecule has 1 heterocycles. The molecular formula is C23H28N2O2. The second-order valence-corrected chi connectivity index (χ2v) is 8.30. The fourth-order valence-electron chi connectivity index (χ4n) is 4.64. The van der Waals surface area contributed by atoms with Gasteiger partial charge in [0.2, 0.25) is 0 Å². The van der Waals surface area contributed by atoms with E-state index in [1.54, 1.807) is 24.0 Å². The molecule has 0 spiro atoms. The molecule has 4 heteroatoms. The number of hydrogen-bond donors (Lipinski definition) is 1. The average molecular weight is 364 g/mol. The van der Waals surface area contributed by atoms with Crippen molar-refractivity contribution in [1.29, 1.82) is 0 Å². The van der Waals surface area contributed by atoms with Crippen LogP contribution in [-0.4, -0.2) is 47.5 Å². The molecular weight excluding hydrogens is 336 g/mol. The van der Waals surface area contributed by atoms with Gasteiger partial charge in [-0.2, -0.15) is 0 Å². The Hall–Kier alpha value is -2.17. The Morgan fingerprint density at radius 2 is 1.63 bits per heavy atom. The molecule has 0 radical (unpaired) electrons. The molecule has 142 valence electrons. The van der Waals surface area contributed by atoms with E-state index < -0.39 is 5.60 Å². The van der Waals surface area contributed by atoms with Crippen LogP contribution in [0.4, 0.5) is 0 Å². The minimum Gasteiger partial charge on any atom is -0.376 e. The molecule has 1 N–H and O–H groups in total. The third-order valence-corrected chi connectivity index (χ3v) is 6.28. The summed E-state index contributed by atoms with van der Waals surface area (Å²) in [5.41, 5.74) is 0.535. The van der Waals surface area contributed by atoms with E-state index in [0.717, 1.165) is 26.2 Å². The molecule has 3 unspecified atom stereocenters. The van der Waals surface area contributed by atoms with E-state index in [2.05, 4.69) is 35.2 Å². The lowest BCUT2D eigenvalue weighted by Gasteiger charge is -2.29. The Morgan fingerprint density at radius 1 is 1.07 bits per heavy atom. The Morgan fingerprint density at radius 3 is 2.22 bits per heavy atom. The number of benzene rings is 2. The fourth-order valence-corrected chi connectivity index (χ4v) is 4.64. The molecule has 4 rings (SSSR count). The highest BCUT2D eigenvalue weighted by Crippen LogP contribution is 2.52. The number of likely N-dealkylation sites (N-methyl/N-ethyl adjacent to an activating group) is 1. The molecule has 2 aromatic carbocycles. The molecule has 27 heavy (non-hydrogen) atoms. The van der Waals surface area contributed by atoms with E-state index in [1.807, 2.05) is 25.2 Å².